The largest absolute Gasteiger partial charge is 0.423 e. The van der Waals surface area contributed by atoms with Crippen molar-refractivity contribution in [3.63, 3.8) is 0 Å². The number of carbonyl (C=O) groups excluding carboxylic acids is 1. The Hall–Kier alpha value is -1.74. The maximum absolute atomic E-state index is 11.5. The van der Waals surface area contributed by atoms with Crippen molar-refractivity contribution in [2.45, 2.75) is 33.6 Å². The first kappa shape index (κ1) is 16.1. The Morgan fingerprint density at radius 3 is 2.65 bits per heavy atom. The molecule has 2 atom stereocenters. The number of allylic oxidation sites excluding steroid dienone is 1. The predicted octanol–water partition coefficient (Wildman–Crippen LogP) is 4.99. The Balaban J connectivity index is 2.02. The highest BCUT2D eigenvalue weighted by Gasteiger charge is 2.61. The van der Waals surface area contributed by atoms with E-state index in [1.54, 1.807) is 6.07 Å². The number of fused-ring (bicyclic) bond motifs is 2. The summed E-state index contributed by atoms with van der Waals surface area (Å²) in [6.07, 6.45) is 5.62. The van der Waals surface area contributed by atoms with Crippen LogP contribution in [-0.4, -0.2) is 10.8 Å². The summed E-state index contributed by atoms with van der Waals surface area (Å²) >= 11 is 5.81. The first-order valence-electron chi connectivity index (χ1n) is 8.01. The average Bonchev–Trinajstić information content (AvgIpc) is 2.83. The minimum Gasteiger partial charge on any atom is -0.423 e. The van der Waals surface area contributed by atoms with E-state index in [9.17, 15) is 4.79 Å². The molecule has 2 aliphatic rings. The molecule has 0 aromatic heterocycles. The number of para-hydroxylation sites is 1. The van der Waals surface area contributed by atoms with E-state index in [0.29, 0.717) is 11.7 Å². The number of rotatable bonds is 3. The van der Waals surface area contributed by atoms with Gasteiger partial charge in [0.25, 0.3) is 0 Å². The zero-order valence-electron chi connectivity index (χ0n) is 13.9. The molecule has 0 amide bonds. The van der Waals surface area contributed by atoms with Gasteiger partial charge in [-0.05, 0) is 41.9 Å². The smallest absolute Gasteiger partial charge is 0.335 e. The van der Waals surface area contributed by atoms with Gasteiger partial charge in [0.2, 0.25) is 0 Å². The standard InChI is InChI=1S/C20H22O2S/c1-5-17(21)22-16-9-7-6-8-13(16)12-14-15-10-11-20(4,18(14)23)19(15,2)3/h5-9,12,15H,1,10-11H2,2-4H3/b14-12+. The third kappa shape index (κ3) is 2.29. The van der Waals surface area contributed by atoms with Gasteiger partial charge in [-0.3, -0.25) is 0 Å². The molecule has 2 fully saturated rings. The molecular formula is C20H22O2S. The Labute approximate surface area is 143 Å². The maximum atomic E-state index is 11.5. The Morgan fingerprint density at radius 1 is 1.35 bits per heavy atom. The van der Waals surface area contributed by atoms with Crippen LogP contribution >= 0.6 is 12.2 Å². The molecule has 2 saturated carbocycles. The molecule has 2 aliphatic carbocycles. The fourth-order valence-electron chi connectivity index (χ4n) is 4.10. The number of hydrogen-bond donors (Lipinski definition) is 0. The zero-order chi connectivity index (χ0) is 16.8. The highest BCUT2D eigenvalue weighted by atomic mass is 32.1. The summed E-state index contributed by atoms with van der Waals surface area (Å²) in [4.78, 5) is 12.6. The fourth-order valence-corrected chi connectivity index (χ4v) is 4.67. The van der Waals surface area contributed by atoms with Crippen LogP contribution in [0.5, 0.6) is 5.75 Å². The molecule has 1 aromatic rings. The van der Waals surface area contributed by atoms with Crippen molar-refractivity contribution in [3.05, 3.63) is 48.1 Å². The van der Waals surface area contributed by atoms with Crippen LogP contribution in [0.4, 0.5) is 0 Å². The number of hydrogen-bond acceptors (Lipinski definition) is 3. The Morgan fingerprint density at radius 2 is 2.04 bits per heavy atom. The fraction of sp³-hybridized carbons (Fsp3) is 0.400. The summed E-state index contributed by atoms with van der Waals surface area (Å²) in [5.74, 6) is 0.584. The van der Waals surface area contributed by atoms with E-state index in [0.717, 1.165) is 16.8 Å². The second-order valence-electron chi connectivity index (χ2n) is 7.24. The Bertz CT molecular complexity index is 729. The molecule has 0 radical (unpaired) electrons. The molecule has 2 nitrogen and oxygen atoms in total. The van der Waals surface area contributed by atoms with Gasteiger partial charge in [-0.1, -0.05) is 57.8 Å². The lowest BCUT2D eigenvalue weighted by atomic mass is 9.71. The van der Waals surface area contributed by atoms with Crippen LogP contribution in [0.2, 0.25) is 0 Å². The van der Waals surface area contributed by atoms with E-state index < -0.39 is 5.97 Å². The van der Waals surface area contributed by atoms with E-state index in [-0.39, 0.29) is 10.8 Å². The second-order valence-corrected chi connectivity index (χ2v) is 7.65. The lowest BCUT2D eigenvalue weighted by Gasteiger charge is -2.33. The van der Waals surface area contributed by atoms with Gasteiger partial charge in [0.15, 0.2) is 0 Å². The van der Waals surface area contributed by atoms with Gasteiger partial charge >= 0.3 is 5.97 Å². The number of ether oxygens (including phenoxy) is 1. The van der Waals surface area contributed by atoms with Crippen molar-refractivity contribution >= 4 is 29.1 Å². The topological polar surface area (TPSA) is 26.3 Å². The number of thiocarbonyl (C=S) groups is 1. The van der Waals surface area contributed by atoms with Crippen LogP contribution in [0.1, 0.15) is 39.2 Å². The quantitative estimate of drug-likeness (QED) is 0.339. The van der Waals surface area contributed by atoms with Crippen LogP contribution in [0.25, 0.3) is 6.08 Å². The van der Waals surface area contributed by atoms with Gasteiger partial charge in [0.1, 0.15) is 5.75 Å². The zero-order valence-corrected chi connectivity index (χ0v) is 14.7. The third-order valence-corrected chi connectivity index (χ3v) is 6.66. The van der Waals surface area contributed by atoms with E-state index in [1.165, 1.54) is 18.1 Å². The van der Waals surface area contributed by atoms with Gasteiger partial charge < -0.3 is 4.74 Å². The van der Waals surface area contributed by atoms with E-state index in [1.807, 2.05) is 18.2 Å². The molecule has 0 spiro atoms. The predicted molar refractivity (Wildman–Crippen MR) is 97.5 cm³/mol. The van der Waals surface area contributed by atoms with Gasteiger partial charge in [0, 0.05) is 21.9 Å². The molecule has 120 valence electrons. The first-order chi connectivity index (χ1) is 10.8. The molecule has 1 aromatic carbocycles. The van der Waals surface area contributed by atoms with Crippen LogP contribution in [-0.2, 0) is 4.79 Å². The molecule has 23 heavy (non-hydrogen) atoms. The number of esters is 1. The van der Waals surface area contributed by atoms with E-state index >= 15 is 0 Å². The monoisotopic (exact) mass is 326 g/mol. The van der Waals surface area contributed by atoms with Crippen molar-refractivity contribution in [1.82, 2.24) is 0 Å². The van der Waals surface area contributed by atoms with Gasteiger partial charge in [0.05, 0.1) is 0 Å². The third-order valence-electron chi connectivity index (χ3n) is 5.97. The molecule has 2 unspecified atom stereocenters. The summed E-state index contributed by atoms with van der Waals surface area (Å²) in [5.41, 5.74) is 2.40. The lowest BCUT2D eigenvalue weighted by Crippen LogP contribution is -2.31. The van der Waals surface area contributed by atoms with E-state index in [2.05, 4.69) is 33.4 Å². The summed E-state index contributed by atoms with van der Waals surface area (Å²) in [6, 6.07) is 7.57. The summed E-state index contributed by atoms with van der Waals surface area (Å²) in [7, 11) is 0. The van der Waals surface area contributed by atoms with E-state index in [4.69, 9.17) is 17.0 Å². The first-order valence-corrected chi connectivity index (χ1v) is 8.42. The molecular weight excluding hydrogens is 304 g/mol. The number of carbonyl (C=O) groups is 1. The average molecular weight is 326 g/mol. The number of benzene rings is 1. The van der Waals surface area contributed by atoms with Gasteiger partial charge in [-0.2, -0.15) is 0 Å². The van der Waals surface area contributed by atoms with Gasteiger partial charge in [-0.15, -0.1) is 0 Å². The Kier molecular flexibility index (Phi) is 3.80. The molecule has 0 heterocycles. The van der Waals surface area contributed by atoms with Crippen molar-refractivity contribution in [2.24, 2.45) is 16.7 Å². The van der Waals surface area contributed by atoms with Gasteiger partial charge in [-0.25, -0.2) is 4.79 Å². The maximum Gasteiger partial charge on any atom is 0.335 e. The van der Waals surface area contributed by atoms with Crippen molar-refractivity contribution in [1.29, 1.82) is 0 Å². The van der Waals surface area contributed by atoms with Crippen molar-refractivity contribution in [3.8, 4) is 5.75 Å². The van der Waals surface area contributed by atoms with Crippen molar-refractivity contribution in [2.75, 3.05) is 0 Å². The second kappa shape index (κ2) is 5.41. The highest BCUT2D eigenvalue weighted by Crippen LogP contribution is 2.66. The molecule has 2 bridgehead atoms. The minimum absolute atomic E-state index is 0.0889. The van der Waals surface area contributed by atoms with Crippen LogP contribution in [0, 0.1) is 16.7 Å². The molecule has 3 rings (SSSR count). The van der Waals surface area contributed by atoms with Crippen molar-refractivity contribution < 1.29 is 9.53 Å². The molecule has 0 aliphatic heterocycles. The SMILES string of the molecule is C=CC(=O)Oc1ccccc1/C=C1/C(=S)C2(C)CCC1C2(C)C. The van der Waals surface area contributed by atoms with Crippen LogP contribution < -0.4 is 4.74 Å². The highest BCUT2D eigenvalue weighted by molar-refractivity contribution is 7.81. The minimum atomic E-state index is -0.446. The summed E-state index contributed by atoms with van der Waals surface area (Å²) in [5, 5.41) is 0. The van der Waals surface area contributed by atoms with Crippen LogP contribution in [0.15, 0.2) is 42.5 Å². The normalized spacial score (nSPS) is 29.8. The lowest BCUT2D eigenvalue weighted by molar-refractivity contribution is -0.128. The molecule has 0 saturated heterocycles. The molecule has 0 N–H and O–H groups in total. The summed E-state index contributed by atoms with van der Waals surface area (Å²) in [6.45, 7) is 10.4. The van der Waals surface area contributed by atoms with Crippen LogP contribution in [0.3, 0.4) is 0 Å². The summed E-state index contributed by atoms with van der Waals surface area (Å²) < 4.78 is 5.35. The molecule has 3 heteroatoms.